The van der Waals surface area contributed by atoms with Crippen LogP contribution in [0, 0.1) is 18.3 Å². The van der Waals surface area contributed by atoms with Gasteiger partial charge >= 0.3 is 5.97 Å². The molecular formula is C25H32N4O4S2. The third kappa shape index (κ3) is 6.14. The number of aromatic nitrogens is 1. The summed E-state index contributed by atoms with van der Waals surface area (Å²) in [5.74, 6) is -0.217. The lowest BCUT2D eigenvalue weighted by molar-refractivity contribution is -0.137. The van der Waals surface area contributed by atoms with Crippen LogP contribution < -0.4 is 10.5 Å². The van der Waals surface area contributed by atoms with Gasteiger partial charge in [-0.05, 0) is 50.7 Å². The predicted molar refractivity (Wildman–Crippen MR) is 142 cm³/mol. The van der Waals surface area contributed by atoms with Gasteiger partial charge in [0.2, 0.25) is 0 Å². The fourth-order valence-corrected chi connectivity index (χ4v) is 5.77. The summed E-state index contributed by atoms with van der Waals surface area (Å²) in [4.78, 5) is 41.4. The first kappa shape index (κ1) is 27.0. The summed E-state index contributed by atoms with van der Waals surface area (Å²) in [5, 5.41) is 18.6. The van der Waals surface area contributed by atoms with E-state index in [4.69, 9.17) is 17.3 Å². The van der Waals surface area contributed by atoms with Crippen molar-refractivity contribution in [2.75, 3.05) is 24.5 Å². The fraction of sp³-hybridized carbons (Fsp3) is 0.560. The number of hydrogen-bond donors (Lipinski definition) is 1. The number of carboxylic acid groups (broad SMARTS) is 1. The number of pyridine rings is 1. The highest BCUT2D eigenvalue weighted by Gasteiger charge is 2.33. The van der Waals surface area contributed by atoms with Gasteiger partial charge in [-0.15, -0.1) is 0 Å². The first-order chi connectivity index (χ1) is 16.8. The summed E-state index contributed by atoms with van der Waals surface area (Å²) in [7, 11) is 0. The number of carbonyl (C=O) groups excluding carboxylic acids is 1. The largest absolute Gasteiger partial charge is 0.481 e. The Morgan fingerprint density at radius 1 is 1.17 bits per heavy atom. The van der Waals surface area contributed by atoms with E-state index in [1.54, 1.807) is 22.5 Å². The first-order valence-electron chi connectivity index (χ1n) is 12.2. The van der Waals surface area contributed by atoms with Gasteiger partial charge < -0.3 is 10.0 Å². The second-order valence-electron chi connectivity index (χ2n) is 8.89. The van der Waals surface area contributed by atoms with Gasteiger partial charge in [0.15, 0.2) is 0 Å². The van der Waals surface area contributed by atoms with Crippen molar-refractivity contribution in [1.82, 2.24) is 9.47 Å². The summed E-state index contributed by atoms with van der Waals surface area (Å²) in [5.41, 5.74) is 1.17. The number of anilines is 1. The fourth-order valence-electron chi connectivity index (χ4n) is 4.48. The Morgan fingerprint density at radius 2 is 1.89 bits per heavy atom. The van der Waals surface area contributed by atoms with Crippen molar-refractivity contribution in [2.45, 2.75) is 71.8 Å². The Hall–Kier alpha value is -2.64. The molecular weight excluding hydrogens is 484 g/mol. The van der Waals surface area contributed by atoms with Gasteiger partial charge in [0.1, 0.15) is 21.8 Å². The average molecular weight is 517 g/mol. The SMILES string of the molecule is CCCCn1c(N2CCCC2)c(/C=C2/SC(=S)N(CCCCCC(=O)O)C2=O)c(C)c(C#N)c1=O. The van der Waals surface area contributed by atoms with E-state index >= 15 is 0 Å². The number of nitriles is 1. The normalized spacial score (nSPS) is 17.0. The third-order valence-electron chi connectivity index (χ3n) is 6.41. The molecule has 0 spiro atoms. The second kappa shape index (κ2) is 12.4. The number of carboxylic acids is 1. The highest BCUT2D eigenvalue weighted by atomic mass is 32.2. The molecule has 2 fully saturated rings. The number of nitrogens with zero attached hydrogens (tertiary/aromatic N) is 4. The van der Waals surface area contributed by atoms with Crippen LogP contribution in [0.3, 0.4) is 0 Å². The molecule has 3 heterocycles. The van der Waals surface area contributed by atoms with Crippen molar-refractivity contribution in [1.29, 1.82) is 5.26 Å². The summed E-state index contributed by atoms with van der Waals surface area (Å²) >= 11 is 6.70. The number of aliphatic carboxylic acids is 1. The number of amides is 1. The van der Waals surface area contributed by atoms with Gasteiger partial charge in [-0.25, -0.2) is 0 Å². The van der Waals surface area contributed by atoms with Gasteiger partial charge in [0, 0.05) is 38.2 Å². The Labute approximate surface area is 215 Å². The lowest BCUT2D eigenvalue weighted by atomic mass is 10.0. The third-order valence-corrected chi connectivity index (χ3v) is 7.79. The van der Waals surface area contributed by atoms with Crippen LogP contribution in [0.1, 0.15) is 75.0 Å². The molecule has 1 aromatic rings. The Morgan fingerprint density at radius 3 is 2.51 bits per heavy atom. The highest BCUT2D eigenvalue weighted by molar-refractivity contribution is 8.26. The van der Waals surface area contributed by atoms with Crippen LogP contribution in [0.2, 0.25) is 0 Å². The lowest BCUT2D eigenvalue weighted by Gasteiger charge is -2.27. The van der Waals surface area contributed by atoms with Crippen LogP contribution in [0.4, 0.5) is 5.82 Å². The molecule has 0 aromatic carbocycles. The van der Waals surface area contributed by atoms with Crippen LogP contribution in [0.15, 0.2) is 9.70 Å². The molecule has 0 bridgehead atoms. The first-order valence-corrected chi connectivity index (χ1v) is 13.4. The minimum absolute atomic E-state index is 0.115. The smallest absolute Gasteiger partial charge is 0.303 e. The number of hydrogen-bond acceptors (Lipinski definition) is 7. The zero-order valence-corrected chi connectivity index (χ0v) is 22.0. The molecule has 0 radical (unpaired) electrons. The number of carbonyl (C=O) groups is 2. The molecule has 0 unspecified atom stereocenters. The molecule has 2 saturated heterocycles. The Kier molecular flexibility index (Phi) is 9.52. The Balaban J connectivity index is 1.97. The predicted octanol–water partition coefficient (Wildman–Crippen LogP) is 4.27. The van der Waals surface area contributed by atoms with Crippen molar-refractivity contribution in [3.05, 3.63) is 31.9 Å². The number of thiocarbonyl (C=S) groups is 1. The average Bonchev–Trinajstić information content (AvgIpc) is 3.44. The Bertz CT molecular complexity index is 1130. The number of rotatable bonds is 11. The molecule has 0 aliphatic carbocycles. The van der Waals surface area contributed by atoms with E-state index in [2.05, 4.69) is 17.9 Å². The van der Waals surface area contributed by atoms with E-state index in [0.29, 0.717) is 47.1 Å². The van der Waals surface area contributed by atoms with E-state index in [0.717, 1.165) is 50.2 Å². The van der Waals surface area contributed by atoms with Crippen LogP contribution in [0.5, 0.6) is 0 Å². The summed E-state index contributed by atoms with van der Waals surface area (Å²) in [6.45, 7) is 6.46. The zero-order chi connectivity index (χ0) is 25.5. The van der Waals surface area contributed by atoms with Gasteiger partial charge in [-0.1, -0.05) is 43.7 Å². The van der Waals surface area contributed by atoms with Crippen molar-refractivity contribution in [3.8, 4) is 6.07 Å². The summed E-state index contributed by atoms with van der Waals surface area (Å²) in [6.07, 6.45) is 7.66. The van der Waals surface area contributed by atoms with Crippen molar-refractivity contribution in [2.24, 2.45) is 0 Å². The minimum atomic E-state index is -0.820. The lowest BCUT2D eigenvalue weighted by Crippen LogP contribution is -2.33. The van der Waals surface area contributed by atoms with Crippen molar-refractivity contribution in [3.63, 3.8) is 0 Å². The number of unbranched alkanes of at least 4 members (excludes halogenated alkanes) is 3. The van der Waals surface area contributed by atoms with Crippen molar-refractivity contribution < 1.29 is 14.7 Å². The van der Waals surface area contributed by atoms with E-state index in [9.17, 15) is 19.6 Å². The molecule has 1 amide bonds. The highest BCUT2D eigenvalue weighted by Crippen LogP contribution is 2.36. The van der Waals surface area contributed by atoms with Crippen LogP contribution in [0.25, 0.3) is 6.08 Å². The maximum absolute atomic E-state index is 13.2. The molecule has 0 atom stereocenters. The van der Waals surface area contributed by atoms with Gasteiger partial charge in [0.25, 0.3) is 11.5 Å². The van der Waals surface area contributed by atoms with Crippen molar-refractivity contribution >= 4 is 52.1 Å². The standard InChI is InChI=1S/C25H32N4O4S2/c1-3-4-13-28-22(27-11-8-9-12-27)18(17(2)19(16-26)23(28)32)15-20-24(33)29(25(34)35-20)14-7-5-6-10-21(30)31/h15H,3-14H2,1-2H3,(H,30,31)/b20-15+. The molecule has 0 saturated carbocycles. The minimum Gasteiger partial charge on any atom is -0.481 e. The van der Waals surface area contributed by atoms with Crippen LogP contribution in [-0.4, -0.2) is 50.4 Å². The van der Waals surface area contributed by atoms with Crippen LogP contribution >= 0.6 is 24.0 Å². The molecule has 188 valence electrons. The van der Waals surface area contributed by atoms with E-state index in [1.165, 1.54) is 11.8 Å². The summed E-state index contributed by atoms with van der Waals surface area (Å²) in [6, 6.07) is 2.09. The molecule has 2 aliphatic heterocycles. The molecule has 1 aromatic heterocycles. The van der Waals surface area contributed by atoms with Gasteiger partial charge in [-0.3, -0.25) is 23.9 Å². The molecule has 8 nitrogen and oxygen atoms in total. The topological polar surface area (TPSA) is 107 Å². The van der Waals surface area contributed by atoms with Crippen LogP contribution in [-0.2, 0) is 16.1 Å². The molecule has 2 aliphatic rings. The molecule has 35 heavy (non-hydrogen) atoms. The maximum Gasteiger partial charge on any atom is 0.303 e. The quantitative estimate of drug-likeness (QED) is 0.264. The molecule has 3 rings (SSSR count). The van der Waals surface area contributed by atoms with Gasteiger partial charge in [0.05, 0.1) is 4.91 Å². The monoisotopic (exact) mass is 516 g/mol. The van der Waals surface area contributed by atoms with E-state index < -0.39 is 5.97 Å². The van der Waals surface area contributed by atoms with Gasteiger partial charge in [-0.2, -0.15) is 5.26 Å². The van der Waals surface area contributed by atoms with E-state index in [1.807, 2.05) is 0 Å². The second-order valence-corrected chi connectivity index (χ2v) is 10.6. The molecule has 1 N–H and O–H groups in total. The summed E-state index contributed by atoms with van der Waals surface area (Å²) < 4.78 is 2.19. The number of thioether (sulfide) groups is 1. The molecule has 10 heteroatoms. The maximum atomic E-state index is 13.2. The van der Waals surface area contributed by atoms with E-state index in [-0.39, 0.29) is 23.5 Å². The zero-order valence-electron chi connectivity index (χ0n) is 20.3.